The fourth-order valence-electron chi connectivity index (χ4n) is 12.0. The summed E-state index contributed by atoms with van der Waals surface area (Å²) in [4.78, 5) is 142. The summed E-state index contributed by atoms with van der Waals surface area (Å²) in [5.74, 6) is -5.67. The monoisotopic (exact) mass is 1730 g/mol. The Morgan fingerprint density at radius 2 is 0.439 bits per heavy atom. The van der Waals surface area contributed by atoms with Gasteiger partial charge in [0.2, 0.25) is 53.2 Å². The first-order chi connectivity index (χ1) is 59.4. The molecule has 123 heavy (non-hydrogen) atoms. The van der Waals surface area contributed by atoms with Crippen LogP contribution in [0, 0.1) is 0 Å². The molecule has 0 aliphatic carbocycles. The lowest BCUT2D eigenvalue weighted by molar-refractivity contribution is -0.142. The van der Waals surface area contributed by atoms with E-state index in [0.717, 1.165) is 22.3 Å². The number of carbonyl (C=O) groups is 10. The Bertz CT molecular complexity index is 5110. The Labute approximate surface area is 724 Å². The number of hydrogen-bond acceptors (Lipinski definition) is 25. The molecule has 0 aromatic heterocycles. The van der Waals surface area contributed by atoms with Gasteiger partial charge >= 0.3 is 5.97 Å². The summed E-state index contributed by atoms with van der Waals surface area (Å²) < 4.78 is 41.2. The van der Waals surface area contributed by atoms with E-state index in [0.29, 0.717) is 104 Å². The number of likely N-dealkylation sites (N-methyl/N-ethyl adjacent to an activating group) is 1. The predicted molar refractivity (Wildman–Crippen MR) is 474 cm³/mol. The molecule has 10 aromatic carbocycles. The highest BCUT2D eigenvalue weighted by Crippen LogP contribution is 2.29. The topological polar surface area (TPSA) is 520 Å². The first kappa shape index (κ1) is 95.5. The fourth-order valence-corrected chi connectivity index (χ4v) is 12.0. The van der Waals surface area contributed by atoms with Crippen LogP contribution in [-0.4, -0.2) is 114 Å². The molecule has 640 valence electrons. The molecule has 0 radical (unpaired) electrons. The number of aliphatic carboxylic acids is 1. The average molecular weight is 1730 g/mol. The van der Waals surface area contributed by atoms with Gasteiger partial charge in [-0.25, -0.2) is 4.79 Å². The van der Waals surface area contributed by atoms with E-state index in [1.165, 1.54) is 7.05 Å². The third-order valence-corrected chi connectivity index (χ3v) is 18.5. The summed E-state index contributed by atoms with van der Waals surface area (Å²) >= 11 is 8.50. The molecule has 0 fully saturated rings. The van der Waals surface area contributed by atoms with E-state index in [4.69, 9.17) is 55.5 Å². The van der Waals surface area contributed by atoms with Crippen LogP contribution in [0.3, 0.4) is 0 Å². The Balaban J connectivity index is 0.00000339. The number of amides is 9. The van der Waals surface area contributed by atoms with Crippen LogP contribution in [0.2, 0.25) is 0 Å². The highest BCUT2D eigenvalue weighted by atomic mass is 32.1. The third kappa shape index (κ3) is 33.6. The number of rotatable bonds is 40. The van der Waals surface area contributed by atoms with Gasteiger partial charge in [-0.2, -0.15) is 12.6 Å². The summed E-state index contributed by atoms with van der Waals surface area (Å²) in [5, 5.41) is 37.7. The minimum absolute atomic E-state index is 0.110. The zero-order valence-corrected chi connectivity index (χ0v) is 69.0. The molecule has 0 saturated carbocycles. The van der Waals surface area contributed by atoms with Gasteiger partial charge in [0, 0.05) is 89.0 Å². The van der Waals surface area contributed by atoms with Gasteiger partial charge < -0.3 is 101 Å². The Hall–Kier alpha value is -14.7. The smallest absolute Gasteiger partial charge is 0.326 e. The molecule has 35 heteroatoms. The summed E-state index contributed by atoms with van der Waals surface area (Å²) in [6, 6.07) is 60.3. The number of carboxylic acids is 1. The molecule has 10 aromatic rings. The minimum atomic E-state index is -1.77. The van der Waals surface area contributed by atoms with Crippen molar-refractivity contribution in [2.24, 2.45) is 0 Å². The Morgan fingerprint density at radius 3 is 0.659 bits per heavy atom. The van der Waals surface area contributed by atoms with Gasteiger partial charge in [-0.1, -0.05) is 48.5 Å². The lowest BCUT2D eigenvalue weighted by atomic mass is 10.0. The van der Waals surface area contributed by atoms with Crippen molar-refractivity contribution >= 4 is 154 Å². The van der Waals surface area contributed by atoms with E-state index in [9.17, 15) is 43.5 Å². The van der Waals surface area contributed by atoms with E-state index in [1.807, 2.05) is 48.5 Å². The maximum absolute atomic E-state index is 15.2. The molecule has 0 heterocycles. The van der Waals surface area contributed by atoms with E-state index in [1.54, 1.807) is 194 Å². The molecule has 5 unspecified atom stereocenters. The minimum Gasteiger partial charge on any atom is -0.480 e. The fraction of sp³-hybridized carbons (Fsp3) is 0.205. The molecular formula is C88H93N15O17S3. The molecule has 0 bridgehead atoms. The van der Waals surface area contributed by atoms with Gasteiger partial charge in [0.25, 0.3) is 0 Å². The van der Waals surface area contributed by atoms with E-state index in [-0.39, 0.29) is 12.8 Å². The van der Waals surface area contributed by atoms with Crippen LogP contribution >= 0.6 is 0 Å². The maximum Gasteiger partial charge on any atom is 0.326 e. The maximum atomic E-state index is 15.2. The molecule has 0 saturated heterocycles. The largest absolute Gasteiger partial charge is 0.480 e. The first-order valence-corrected chi connectivity index (χ1v) is 39.3. The van der Waals surface area contributed by atoms with Gasteiger partial charge in [0.1, 0.15) is 58.7 Å². The standard InChI is InChI=1S/C88H93N15O14.3OS/c1-94-74(42-47-79(104)97-65-24-36-71(37-25-65)115-68-30-14-60(91)15-31-68)84(109)100-75(43-48-80(105)95-63-20-6-56(7-21-63)52-54-2-10-58(89)11-3-54)85(110)101-76(44-49-82(107)98-66-26-38-72(39-27-66)116-69-32-16-61(92)17-33-69)86(111)102-77(45-50-81(106)96-64-22-8-57(9-23-64)53-55-4-12-59(90)13-5-55)87(112)103-78(88(113)114)46-51-83(108)99-67-28-40-73(41-29-67)117-70-34-18-62(93)19-35-70;3*1-2/h2-41,74-78,94H,42-53,89-93H2,1H3,(H,95,105)(H,96,106)(H,97,104)(H,98,107)(H,99,108)(H,100,109)(H,101,110)(H,102,111)(H,103,112)(H,113,114);;;. The van der Waals surface area contributed by atoms with Crippen LogP contribution in [0.15, 0.2) is 243 Å². The second-order valence-electron chi connectivity index (χ2n) is 27.7. The van der Waals surface area contributed by atoms with Crippen molar-refractivity contribution in [2.75, 3.05) is 62.3 Å². The van der Waals surface area contributed by atoms with Crippen LogP contribution in [0.4, 0.5) is 56.9 Å². The Kier molecular flexibility index (Phi) is 39.0. The predicted octanol–water partition coefficient (Wildman–Crippen LogP) is 10.2. The van der Waals surface area contributed by atoms with Crippen LogP contribution in [0.5, 0.6) is 34.5 Å². The zero-order chi connectivity index (χ0) is 89.2. The van der Waals surface area contributed by atoms with Crippen molar-refractivity contribution in [1.82, 2.24) is 26.6 Å². The molecule has 32 nitrogen and oxygen atoms in total. The van der Waals surface area contributed by atoms with Crippen molar-refractivity contribution in [2.45, 2.75) is 107 Å². The van der Waals surface area contributed by atoms with Gasteiger partial charge in [-0.05, 0) is 268 Å². The van der Waals surface area contributed by atoms with Crippen molar-refractivity contribution in [3.63, 3.8) is 0 Å². The molecule has 21 N–H and O–H groups in total. The van der Waals surface area contributed by atoms with Crippen molar-refractivity contribution in [3.05, 3.63) is 265 Å². The third-order valence-electron chi connectivity index (χ3n) is 18.5. The molecule has 10 rings (SSSR count). The number of ether oxygens (including phenoxy) is 3. The van der Waals surface area contributed by atoms with Gasteiger partial charge in [0.15, 0.2) is 37.6 Å². The van der Waals surface area contributed by atoms with E-state index < -0.39 is 141 Å². The van der Waals surface area contributed by atoms with Crippen molar-refractivity contribution in [1.29, 1.82) is 0 Å². The lowest BCUT2D eigenvalue weighted by Crippen LogP contribution is -2.58. The van der Waals surface area contributed by atoms with Crippen molar-refractivity contribution in [3.8, 4) is 34.5 Å². The summed E-state index contributed by atoms with van der Waals surface area (Å²) in [7, 11) is 1.47. The summed E-state index contributed by atoms with van der Waals surface area (Å²) in [6.45, 7) is 0. The average Bonchev–Trinajstić information content (AvgIpc) is 0.854. The summed E-state index contributed by atoms with van der Waals surface area (Å²) in [5.41, 5.74) is 37.9. The number of anilines is 10. The summed E-state index contributed by atoms with van der Waals surface area (Å²) in [6.07, 6.45) is -2.82. The number of benzene rings is 10. The van der Waals surface area contributed by atoms with Gasteiger partial charge in [0.05, 0.1) is 6.04 Å². The Morgan fingerprint density at radius 1 is 0.268 bits per heavy atom. The van der Waals surface area contributed by atoms with Crippen LogP contribution in [0.25, 0.3) is 0 Å². The van der Waals surface area contributed by atoms with Crippen molar-refractivity contribution < 1.29 is 79.9 Å². The number of hydrogen-bond donors (Lipinski definition) is 16. The second-order valence-corrected chi connectivity index (χ2v) is 27.7. The number of nitrogens with two attached hydrogens (primary N) is 5. The van der Waals surface area contributed by atoms with E-state index >= 15 is 9.59 Å². The first-order valence-electron chi connectivity index (χ1n) is 38.3. The van der Waals surface area contributed by atoms with Crippen LogP contribution in [-0.2, 0) is 98.4 Å². The number of nitrogens with one attached hydrogen (secondary N) is 10. The molecule has 0 spiro atoms. The lowest BCUT2D eigenvalue weighted by Gasteiger charge is -2.27. The second kappa shape index (κ2) is 50.3. The van der Waals surface area contributed by atoms with Gasteiger partial charge in [-0.3, -0.25) is 43.2 Å². The highest BCUT2D eigenvalue weighted by Gasteiger charge is 2.34. The molecule has 5 atom stereocenters. The number of carbonyl (C=O) groups excluding carboxylic acids is 9. The molecule has 9 amide bonds. The SMILES string of the molecule is CNC(CCC(=O)Nc1ccc(Oc2ccc(N)cc2)cc1)C(=O)NC(CCC(=O)Nc1ccc(Cc2ccc(N)cc2)cc1)C(=O)NC(CCC(=O)Nc1ccc(Oc2ccc(N)cc2)cc1)C(=O)NC(CCC(=O)Nc1ccc(Cc2ccc(N)cc2)cc1)C(=O)NC(CCC(=O)Nc1ccc(Oc2ccc(N)cc2)cc1)C(=O)O.O=S.O=S.O=S. The zero-order valence-electron chi connectivity index (χ0n) is 66.6. The molecule has 0 aliphatic rings. The molecule has 0 aliphatic heterocycles. The highest BCUT2D eigenvalue weighted by molar-refractivity contribution is 7.44. The normalized spacial score (nSPS) is 11.6. The molecular weight excluding hydrogens is 1640 g/mol. The number of nitrogen functional groups attached to an aromatic ring is 5. The van der Waals surface area contributed by atoms with Gasteiger partial charge in [-0.15, -0.1) is 0 Å². The number of carboxylic acid groups (broad SMARTS) is 1. The van der Waals surface area contributed by atoms with Crippen LogP contribution < -0.4 is 96.0 Å². The van der Waals surface area contributed by atoms with Crippen LogP contribution in [0.1, 0.15) is 86.5 Å². The van der Waals surface area contributed by atoms with E-state index in [2.05, 4.69) is 90.8 Å². The quantitative estimate of drug-likeness (QED) is 0.0159.